The monoisotopic (exact) mass is 288 g/mol. The number of hydrogen-bond acceptors (Lipinski definition) is 2. The average Bonchev–Trinajstić information content (AvgIpc) is 2.91. The van der Waals surface area contributed by atoms with Crippen LogP contribution in [0.1, 0.15) is 44.2 Å². The van der Waals surface area contributed by atoms with Crippen molar-refractivity contribution in [2.24, 2.45) is 4.99 Å². The molecule has 20 heavy (non-hydrogen) atoms. The highest BCUT2D eigenvalue weighted by Gasteiger charge is 2.34. The summed E-state index contributed by atoms with van der Waals surface area (Å²) >= 11 is 1.91. The van der Waals surface area contributed by atoms with Gasteiger partial charge in [0.1, 0.15) is 0 Å². The molecule has 0 radical (unpaired) electrons. The van der Waals surface area contributed by atoms with Gasteiger partial charge in [0.25, 0.3) is 0 Å². The van der Waals surface area contributed by atoms with Gasteiger partial charge in [0.2, 0.25) is 0 Å². The predicted octanol–water partition coefficient (Wildman–Crippen LogP) is 3.80. The normalized spacial score (nSPS) is 26.3. The molecular formula is C17H24N2S. The SMILES string of the molecule is CCC1(CC)CSC(=NC2CCc3ccccc3C2)N1. The maximum Gasteiger partial charge on any atom is 0.157 e. The third-order valence-electron chi connectivity index (χ3n) is 4.83. The highest BCUT2D eigenvalue weighted by atomic mass is 32.2. The van der Waals surface area contributed by atoms with Gasteiger partial charge in [-0.2, -0.15) is 0 Å². The van der Waals surface area contributed by atoms with Gasteiger partial charge in [-0.05, 0) is 43.2 Å². The van der Waals surface area contributed by atoms with Crippen LogP contribution in [0.5, 0.6) is 0 Å². The molecule has 0 bridgehead atoms. The molecule has 1 heterocycles. The number of aliphatic imine (C=N–C) groups is 1. The Bertz CT molecular complexity index is 505. The first kappa shape index (κ1) is 14.0. The smallest absolute Gasteiger partial charge is 0.157 e. The first-order chi connectivity index (χ1) is 9.74. The fourth-order valence-electron chi connectivity index (χ4n) is 3.16. The van der Waals surface area contributed by atoms with E-state index in [-0.39, 0.29) is 5.54 Å². The number of nitrogens with one attached hydrogen (secondary N) is 1. The van der Waals surface area contributed by atoms with E-state index in [9.17, 15) is 0 Å². The third-order valence-corrected chi connectivity index (χ3v) is 6.01. The van der Waals surface area contributed by atoms with Gasteiger partial charge in [0.15, 0.2) is 5.17 Å². The van der Waals surface area contributed by atoms with Crippen LogP contribution >= 0.6 is 11.8 Å². The van der Waals surface area contributed by atoms with Gasteiger partial charge in [0, 0.05) is 11.3 Å². The van der Waals surface area contributed by atoms with Crippen LogP contribution in [0.4, 0.5) is 0 Å². The van der Waals surface area contributed by atoms with Crippen LogP contribution in [0.15, 0.2) is 29.3 Å². The standard InChI is InChI=1S/C17H24N2S/c1-3-17(4-2)12-20-16(19-17)18-15-10-9-13-7-5-6-8-14(13)11-15/h5-8,15H,3-4,9-12H2,1-2H3,(H,18,19). The number of aryl methyl sites for hydroxylation is 1. The fraction of sp³-hybridized carbons (Fsp3) is 0.588. The minimum absolute atomic E-state index is 0.288. The molecule has 3 rings (SSSR count). The molecule has 0 saturated carbocycles. The summed E-state index contributed by atoms with van der Waals surface area (Å²) in [7, 11) is 0. The Hall–Kier alpha value is -0.960. The quantitative estimate of drug-likeness (QED) is 0.915. The van der Waals surface area contributed by atoms with Crippen LogP contribution in [-0.2, 0) is 12.8 Å². The topological polar surface area (TPSA) is 24.4 Å². The van der Waals surface area contributed by atoms with Gasteiger partial charge < -0.3 is 5.32 Å². The Morgan fingerprint density at radius 2 is 2.00 bits per heavy atom. The molecule has 1 aliphatic carbocycles. The molecule has 0 spiro atoms. The number of nitrogens with zero attached hydrogens (tertiary/aromatic N) is 1. The Morgan fingerprint density at radius 3 is 2.70 bits per heavy atom. The average molecular weight is 288 g/mol. The van der Waals surface area contributed by atoms with Gasteiger partial charge in [-0.1, -0.05) is 49.9 Å². The Labute approximate surface area is 126 Å². The molecule has 108 valence electrons. The van der Waals surface area contributed by atoms with E-state index >= 15 is 0 Å². The molecular weight excluding hydrogens is 264 g/mol. The first-order valence-electron chi connectivity index (χ1n) is 7.80. The Morgan fingerprint density at radius 1 is 1.25 bits per heavy atom. The highest BCUT2D eigenvalue weighted by molar-refractivity contribution is 8.14. The summed E-state index contributed by atoms with van der Waals surface area (Å²) in [6, 6.07) is 9.29. The van der Waals surface area contributed by atoms with Crippen LogP contribution in [0.2, 0.25) is 0 Å². The van der Waals surface area contributed by atoms with E-state index in [4.69, 9.17) is 4.99 Å². The zero-order chi connectivity index (χ0) is 14.0. The second kappa shape index (κ2) is 5.80. The molecule has 1 aromatic carbocycles. The molecule has 1 fully saturated rings. The molecule has 0 aromatic heterocycles. The molecule has 1 saturated heterocycles. The Balaban J connectivity index is 1.69. The second-order valence-electron chi connectivity index (χ2n) is 6.00. The van der Waals surface area contributed by atoms with Crippen LogP contribution in [-0.4, -0.2) is 22.5 Å². The van der Waals surface area contributed by atoms with Crippen molar-refractivity contribution in [3.63, 3.8) is 0 Å². The van der Waals surface area contributed by atoms with Gasteiger partial charge in [-0.3, -0.25) is 4.99 Å². The van der Waals surface area contributed by atoms with E-state index in [0.717, 1.165) is 6.42 Å². The van der Waals surface area contributed by atoms with E-state index in [1.54, 1.807) is 0 Å². The maximum atomic E-state index is 4.99. The van der Waals surface area contributed by atoms with Crippen LogP contribution in [0, 0.1) is 0 Å². The molecule has 1 unspecified atom stereocenters. The van der Waals surface area contributed by atoms with E-state index in [0.29, 0.717) is 6.04 Å². The largest absolute Gasteiger partial charge is 0.359 e. The second-order valence-corrected chi connectivity index (χ2v) is 6.96. The van der Waals surface area contributed by atoms with E-state index in [2.05, 4.69) is 43.4 Å². The number of rotatable bonds is 3. The lowest BCUT2D eigenvalue weighted by Gasteiger charge is -2.26. The number of amidine groups is 1. The summed E-state index contributed by atoms with van der Waals surface area (Å²) in [5, 5.41) is 4.87. The lowest BCUT2D eigenvalue weighted by Crippen LogP contribution is -2.42. The Kier molecular flexibility index (Phi) is 4.06. The van der Waals surface area contributed by atoms with E-state index in [1.165, 1.54) is 47.7 Å². The lowest BCUT2D eigenvalue weighted by molar-refractivity contribution is 0.406. The summed E-state index contributed by atoms with van der Waals surface area (Å²) in [4.78, 5) is 4.99. The van der Waals surface area contributed by atoms with Crippen molar-refractivity contribution in [1.29, 1.82) is 0 Å². The van der Waals surface area contributed by atoms with Gasteiger partial charge in [0.05, 0.1) is 6.04 Å². The van der Waals surface area contributed by atoms with Gasteiger partial charge >= 0.3 is 0 Å². The molecule has 1 atom stereocenters. The van der Waals surface area contributed by atoms with Crippen LogP contribution in [0.25, 0.3) is 0 Å². The highest BCUT2D eigenvalue weighted by Crippen LogP contribution is 2.30. The van der Waals surface area contributed by atoms with Crippen molar-refractivity contribution in [1.82, 2.24) is 5.32 Å². The van der Waals surface area contributed by atoms with Crippen molar-refractivity contribution >= 4 is 16.9 Å². The number of hydrogen-bond donors (Lipinski definition) is 1. The van der Waals surface area contributed by atoms with Crippen LogP contribution < -0.4 is 5.32 Å². The maximum absolute atomic E-state index is 4.99. The van der Waals surface area contributed by atoms with Crippen LogP contribution in [0.3, 0.4) is 0 Å². The van der Waals surface area contributed by atoms with E-state index < -0.39 is 0 Å². The molecule has 0 amide bonds. The van der Waals surface area contributed by atoms with Crippen molar-refractivity contribution in [3.8, 4) is 0 Å². The molecule has 1 aliphatic heterocycles. The zero-order valence-corrected chi connectivity index (χ0v) is 13.3. The van der Waals surface area contributed by atoms with Gasteiger partial charge in [-0.15, -0.1) is 0 Å². The third kappa shape index (κ3) is 2.73. The number of thioether (sulfide) groups is 1. The van der Waals surface area contributed by atoms with E-state index in [1.807, 2.05) is 11.8 Å². The molecule has 2 aliphatic rings. The molecule has 3 heteroatoms. The van der Waals surface area contributed by atoms with Crippen molar-refractivity contribution < 1.29 is 0 Å². The van der Waals surface area contributed by atoms with Crippen molar-refractivity contribution in [2.75, 3.05) is 5.75 Å². The predicted molar refractivity (Wildman–Crippen MR) is 88.6 cm³/mol. The minimum atomic E-state index is 0.288. The minimum Gasteiger partial charge on any atom is -0.359 e. The number of fused-ring (bicyclic) bond motifs is 1. The molecule has 1 aromatic rings. The van der Waals surface area contributed by atoms with Crippen molar-refractivity contribution in [2.45, 2.75) is 57.5 Å². The summed E-state index contributed by atoms with van der Waals surface area (Å²) in [5.41, 5.74) is 3.30. The summed E-state index contributed by atoms with van der Waals surface area (Å²) in [6.07, 6.45) is 5.84. The van der Waals surface area contributed by atoms with Crippen molar-refractivity contribution in [3.05, 3.63) is 35.4 Å². The fourth-order valence-corrected chi connectivity index (χ4v) is 4.57. The molecule has 1 N–H and O–H groups in total. The summed E-state index contributed by atoms with van der Waals surface area (Å²) < 4.78 is 0. The number of benzene rings is 1. The first-order valence-corrected chi connectivity index (χ1v) is 8.79. The lowest BCUT2D eigenvalue weighted by atomic mass is 9.89. The zero-order valence-electron chi connectivity index (χ0n) is 12.5. The molecule has 2 nitrogen and oxygen atoms in total. The summed E-state index contributed by atoms with van der Waals surface area (Å²) in [6.45, 7) is 4.55. The van der Waals surface area contributed by atoms with Gasteiger partial charge in [-0.25, -0.2) is 0 Å². The summed E-state index contributed by atoms with van der Waals surface area (Å²) in [5.74, 6) is 1.17.